The predicted molar refractivity (Wildman–Crippen MR) is 140 cm³/mol. The van der Waals surface area contributed by atoms with Crippen LogP contribution in [0.4, 0.5) is 4.39 Å². The molecular formula is C29H37FN2O6. The number of hydrogen-bond acceptors (Lipinski definition) is 6. The fourth-order valence-corrected chi connectivity index (χ4v) is 4.73. The van der Waals surface area contributed by atoms with Gasteiger partial charge in [0.05, 0.1) is 46.0 Å². The summed E-state index contributed by atoms with van der Waals surface area (Å²) in [5, 5.41) is 13.7. The van der Waals surface area contributed by atoms with Gasteiger partial charge in [-0.3, -0.25) is 9.59 Å². The van der Waals surface area contributed by atoms with E-state index in [1.54, 1.807) is 32.0 Å². The number of carbonyl (C=O) groups is 2. The third-order valence-electron chi connectivity index (χ3n) is 6.75. The minimum Gasteiger partial charge on any atom is -0.872 e. The summed E-state index contributed by atoms with van der Waals surface area (Å²) in [5.74, 6) is -2.23. The zero-order valence-electron chi connectivity index (χ0n) is 22.9. The summed E-state index contributed by atoms with van der Waals surface area (Å²) in [6.45, 7) is 10.7. The number of halogens is 1. The Bertz CT molecular complexity index is 1190. The van der Waals surface area contributed by atoms with Gasteiger partial charge >= 0.3 is 0 Å². The van der Waals surface area contributed by atoms with Crippen molar-refractivity contribution in [2.24, 2.45) is 0 Å². The summed E-state index contributed by atoms with van der Waals surface area (Å²) in [5.41, 5.74) is 0.162. The molecule has 38 heavy (non-hydrogen) atoms. The minimum atomic E-state index is -1.01. The van der Waals surface area contributed by atoms with Crippen LogP contribution in [0.2, 0.25) is 0 Å². The molecule has 1 atom stereocenters. The number of rotatable bonds is 12. The molecule has 0 spiro atoms. The van der Waals surface area contributed by atoms with Gasteiger partial charge in [-0.2, -0.15) is 0 Å². The molecule has 0 saturated carbocycles. The normalized spacial score (nSPS) is 17.0. The zero-order chi connectivity index (χ0) is 28.0. The van der Waals surface area contributed by atoms with Gasteiger partial charge in [-0.15, -0.1) is 0 Å². The first kappa shape index (κ1) is 29.0. The second-order valence-corrected chi connectivity index (χ2v) is 9.45. The lowest BCUT2D eigenvalue weighted by Gasteiger charge is -2.29. The Morgan fingerprint density at radius 2 is 1.74 bits per heavy atom. The van der Waals surface area contributed by atoms with Gasteiger partial charge in [0.25, 0.3) is 5.91 Å². The average Bonchev–Trinajstić information content (AvgIpc) is 3.16. The Hall–Kier alpha value is -3.59. The Balaban J connectivity index is 2.14. The summed E-state index contributed by atoms with van der Waals surface area (Å²) in [6, 6.07) is 7.81. The number of ketones is 1. The summed E-state index contributed by atoms with van der Waals surface area (Å²) in [4.78, 5) is 29.4. The van der Waals surface area contributed by atoms with Crippen molar-refractivity contribution in [3.63, 3.8) is 0 Å². The predicted octanol–water partition coefficient (Wildman–Crippen LogP) is 2.17. The van der Waals surface area contributed by atoms with Crippen LogP contribution < -0.4 is 24.2 Å². The van der Waals surface area contributed by atoms with E-state index in [0.29, 0.717) is 23.5 Å². The van der Waals surface area contributed by atoms with Crippen LogP contribution in [0.15, 0.2) is 42.0 Å². The van der Waals surface area contributed by atoms with Crippen LogP contribution in [-0.4, -0.2) is 63.1 Å². The van der Waals surface area contributed by atoms with Gasteiger partial charge in [-0.25, -0.2) is 4.39 Å². The fraction of sp³-hybridized carbons (Fsp3) is 0.448. The first-order chi connectivity index (χ1) is 18.2. The number of nitrogens with one attached hydrogen (secondary N) is 1. The highest BCUT2D eigenvalue weighted by molar-refractivity contribution is 6.46. The standard InChI is InChI=1S/C29H37FN2O6/c1-7-31(8-2)14-9-15-32-26(21-17-20(36-5)11-13-23(21)37-6)25(28(34)29(32)35)27(33)19-10-12-24(22(30)16-19)38-18(3)4/h10-13,16-18,26,33H,7-9,14-15H2,1-6H3. The molecule has 9 heteroatoms. The first-order valence-electron chi connectivity index (χ1n) is 12.9. The van der Waals surface area contributed by atoms with Crippen molar-refractivity contribution in [2.75, 3.05) is 40.4 Å². The van der Waals surface area contributed by atoms with Crippen LogP contribution in [-0.2, 0) is 9.59 Å². The highest BCUT2D eigenvalue weighted by Crippen LogP contribution is 2.43. The van der Waals surface area contributed by atoms with Gasteiger partial charge in [0.1, 0.15) is 11.5 Å². The number of likely N-dealkylation sites (tertiary alicyclic amines) is 1. The molecule has 1 N–H and O–H groups in total. The number of benzene rings is 2. The topological polar surface area (TPSA) is 92.6 Å². The zero-order valence-corrected chi connectivity index (χ0v) is 22.9. The van der Waals surface area contributed by atoms with Crippen LogP contribution >= 0.6 is 0 Å². The van der Waals surface area contributed by atoms with E-state index in [2.05, 4.69) is 13.8 Å². The lowest BCUT2D eigenvalue weighted by Crippen LogP contribution is -3.11. The molecule has 1 amide bonds. The minimum absolute atomic E-state index is 0.00178. The monoisotopic (exact) mass is 528 g/mol. The quantitative estimate of drug-likeness (QED) is 0.258. The molecule has 1 aliphatic heterocycles. The molecule has 0 aliphatic carbocycles. The maximum absolute atomic E-state index is 14.8. The van der Waals surface area contributed by atoms with Crippen molar-refractivity contribution in [3.05, 3.63) is 58.9 Å². The van der Waals surface area contributed by atoms with E-state index in [-0.39, 0.29) is 29.5 Å². The lowest BCUT2D eigenvalue weighted by molar-refractivity contribution is -0.896. The number of methoxy groups -OCH3 is 2. The molecule has 1 heterocycles. The highest BCUT2D eigenvalue weighted by atomic mass is 19.1. The van der Waals surface area contributed by atoms with Crippen LogP contribution in [0.5, 0.6) is 17.2 Å². The van der Waals surface area contributed by atoms with Crippen molar-refractivity contribution >= 4 is 17.4 Å². The van der Waals surface area contributed by atoms with Crippen LogP contribution in [0.3, 0.4) is 0 Å². The maximum atomic E-state index is 14.8. The lowest BCUT2D eigenvalue weighted by atomic mass is 9.94. The summed E-state index contributed by atoms with van der Waals surface area (Å²) in [6.07, 6.45) is 0.377. The average molecular weight is 529 g/mol. The van der Waals surface area contributed by atoms with E-state index in [9.17, 15) is 19.1 Å². The fourth-order valence-electron chi connectivity index (χ4n) is 4.73. The number of hydrogen-bond donors (Lipinski definition) is 1. The SMILES string of the molecule is CC[NH+](CC)CCCN1C(=O)C(=O)C(=C([O-])c2ccc(OC(C)C)c(F)c2)C1c1cc(OC)ccc1OC. The Kier molecular flexibility index (Phi) is 9.74. The summed E-state index contributed by atoms with van der Waals surface area (Å²) >= 11 is 0. The summed E-state index contributed by atoms with van der Waals surface area (Å²) in [7, 11) is 2.98. The van der Waals surface area contributed by atoms with Crippen LogP contribution in [0.25, 0.3) is 5.76 Å². The van der Waals surface area contributed by atoms with Crippen molar-refractivity contribution in [1.82, 2.24) is 4.90 Å². The van der Waals surface area contributed by atoms with E-state index < -0.39 is 29.3 Å². The van der Waals surface area contributed by atoms with Gasteiger partial charge in [0.15, 0.2) is 11.6 Å². The number of Topliss-reactive ketones (excluding diaryl/α,β-unsaturated/α-hetero) is 1. The first-order valence-corrected chi connectivity index (χ1v) is 12.9. The molecule has 0 bridgehead atoms. The second kappa shape index (κ2) is 12.8. The van der Waals surface area contributed by atoms with E-state index in [0.717, 1.165) is 25.7 Å². The number of amides is 1. The molecule has 1 unspecified atom stereocenters. The van der Waals surface area contributed by atoms with Gasteiger partial charge < -0.3 is 29.1 Å². The van der Waals surface area contributed by atoms with Gasteiger partial charge in [-0.05, 0) is 63.6 Å². The third kappa shape index (κ3) is 6.10. The van der Waals surface area contributed by atoms with E-state index in [4.69, 9.17) is 14.2 Å². The molecule has 206 valence electrons. The molecule has 0 aromatic heterocycles. The van der Waals surface area contributed by atoms with Crippen LogP contribution in [0.1, 0.15) is 51.3 Å². The van der Waals surface area contributed by atoms with E-state index in [1.807, 2.05) is 0 Å². The summed E-state index contributed by atoms with van der Waals surface area (Å²) < 4.78 is 31.1. The van der Waals surface area contributed by atoms with Gasteiger partial charge in [0, 0.05) is 24.1 Å². The number of carbonyl (C=O) groups excluding carboxylic acids is 2. The van der Waals surface area contributed by atoms with Crippen molar-refractivity contribution < 1.29 is 38.2 Å². The van der Waals surface area contributed by atoms with E-state index >= 15 is 0 Å². The molecular weight excluding hydrogens is 491 g/mol. The van der Waals surface area contributed by atoms with Gasteiger partial charge in [0.2, 0.25) is 5.78 Å². The molecule has 8 nitrogen and oxygen atoms in total. The number of ether oxygens (including phenoxy) is 3. The highest BCUT2D eigenvalue weighted by Gasteiger charge is 2.45. The molecule has 2 aromatic rings. The molecule has 0 radical (unpaired) electrons. The Morgan fingerprint density at radius 3 is 2.32 bits per heavy atom. The molecule has 1 fully saturated rings. The smallest absolute Gasteiger partial charge is 0.295 e. The largest absolute Gasteiger partial charge is 0.872 e. The van der Waals surface area contributed by atoms with Crippen molar-refractivity contribution in [1.29, 1.82) is 0 Å². The van der Waals surface area contributed by atoms with E-state index in [1.165, 1.54) is 36.2 Å². The maximum Gasteiger partial charge on any atom is 0.295 e. The van der Waals surface area contributed by atoms with Gasteiger partial charge in [-0.1, -0.05) is 11.8 Å². The molecule has 2 aromatic carbocycles. The van der Waals surface area contributed by atoms with Crippen molar-refractivity contribution in [2.45, 2.75) is 46.3 Å². The van der Waals surface area contributed by atoms with Crippen molar-refractivity contribution in [3.8, 4) is 17.2 Å². The Labute approximate surface area is 223 Å². The second-order valence-electron chi connectivity index (χ2n) is 9.45. The van der Waals surface area contributed by atoms with Crippen LogP contribution in [0, 0.1) is 5.82 Å². The molecule has 3 rings (SSSR count). The third-order valence-corrected chi connectivity index (χ3v) is 6.75. The Morgan fingerprint density at radius 1 is 1.05 bits per heavy atom. The number of quaternary nitrogens is 1. The number of nitrogens with zero attached hydrogens (tertiary/aromatic N) is 1. The molecule has 1 aliphatic rings. The molecule has 1 saturated heterocycles.